The van der Waals surface area contributed by atoms with E-state index < -0.39 is 0 Å². The minimum absolute atomic E-state index is 0.0632. The van der Waals surface area contributed by atoms with Crippen molar-refractivity contribution in [1.82, 2.24) is 10.3 Å². The van der Waals surface area contributed by atoms with E-state index in [1.807, 2.05) is 6.92 Å². The molecule has 0 aliphatic carbocycles. The van der Waals surface area contributed by atoms with Crippen LogP contribution in [-0.4, -0.2) is 32.4 Å². The predicted octanol–water partition coefficient (Wildman–Crippen LogP) is 1.12. The van der Waals surface area contributed by atoms with Crippen molar-refractivity contribution in [2.45, 2.75) is 19.6 Å². The van der Waals surface area contributed by atoms with Crippen LogP contribution in [0.4, 0.5) is 0 Å². The van der Waals surface area contributed by atoms with E-state index in [2.05, 4.69) is 10.3 Å². The standard InChI is InChI=1S/C10H18N2O3/c1-8(14-3)10-9(12-7-15-10)6-11-4-5-13-2/h7-8,11H,4-6H2,1-3H3. The van der Waals surface area contributed by atoms with Crippen LogP contribution in [0, 0.1) is 0 Å². The molecule has 1 N–H and O–H groups in total. The molecule has 5 heteroatoms. The fourth-order valence-corrected chi connectivity index (χ4v) is 1.23. The molecule has 0 amide bonds. The van der Waals surface area contributed by atoms with E-state index in [-0.39, 0.29) is 6.10 Å². The average Bonchev–Trinajstić information content (AvgIpc) is 2.71. The van der Waals surface area contributed by atoms with Crippen molar-refractivity contribution in [2.75, 3.05) is 27.4 Å². The number of oxazole rings is 1. The van der Waals surface area contributed by atoms with E-state index in [1.54, 1.807) is 14.2 Å². The molecule has 1 atom stereocenters. The first kappa shape index (κ1) is 12.2. The number of aromatic nitrogens is 1. The smallest absolute Gasteiger partial charge is 0.181 e. The van der Waals surface area contributed by atoms with Gasteiger partial charge < -0.3 is 19.2 Å². The van der Waals surface area contributed by atoms with Crippen LogP contribution in [0.2, 0.25) is 0 Å². The number of ether oxygens (including phenoxy) is 2. The van der Waals surface area contributed by atoms with E-state index in [9.17, 15) is 0 Å². The molecule has 1 aromatic rings. The summed E-state index contributed by atoms with van der Waals surface area (Å²) in [6.45, 7) is 4.08. The summed E-state index contributed by atoms with van der Waals surface area (Å²) in [6, 6.07) is 0. The molecule has 0 aromatic carbocycles. The third-order valence-electron chi connectivity index (χ3n) is 2.17. The summed E-state index contributed by atoms with van der Waals surface area (Å²) in [4.78, 5) is 4.13. The van der Waals surface area contributed by atoms with Gasteiger partial charge in [0.05, 0.1) is 12.3 Å². The minimum Gasteiger partial charge on any atom is -0.445 e. The van der Waals surface area contributed by atoms with Crippen LogP contribution in [0.5, 0.6) is 0 Å². The van der Waals surface area contributed by atoms with E-state index in [0.29, 0.717) is 13.2 Å². The largest absolute Gasteiger partial charge is 0.445 e. The van der Waals surface area contributed by atoms with Gasteiger partial charge in [-0.1, -0.05) is 0 Å². The molecule has 0 radical (unpaired) electrons. The van der Waals surface area contributed by atoms with Crippen LogP contribution in [0.1, 0.15) is 24.5 Å². The summed E-state index contributed by atoms with van der Waals surface area (Å²) in [5.41, 5.74) is 0.889. The number of nitrogens with zero attached hydrogens (tertiary/aromatic N) is 1. The lowest BCUT2D eigenvalue weighted by Gasteiger charge is -2.08. The van der Waals surface area contributed by atoms with Crippen molar-refractivity contribution < 1.29 is 13.9 Å². The first-order valence-corrected chi connectivity index (χ1v) is 4.94. The Morgan fingerprint density at radius 2 is 2.33 bits per heavy atom. The number of hydrogen-bond donors (Lipinski definition) is 1. The maximum Gasteiger partial charge on any atom is 0.181 e. The molecule has 0 aliphatic heterocycles. The van der Waals surface area contributed by atoms with Crippen molar-refractivity contribution in [2.24, 2.45) is 0 Å². The summed E-state index contributed by atoms with van der Waals surface area (Å²) in [5.74, 6) is 0.780. The Labute approximate surface area is 89.8 Å². The Hall–Kier alpha value is -0.910. The Morgan fingerprint density at radius 3 is 3.00 bits per heavy atom. The first-order valence-electron chi connectivity index (χ1n) is 4.94. The van der Waals surface area contributed by atoms with Gasteiger partial charge >= 0.3 is 0 Å². The maximum absolute atomic E-state index is 5.27. The highest BCUT2D eigenvalue weighted by Crippen LogP contribution is 2.19. The van der Waals surface area contributed by atoms with Gasteiger partial charge in [0.15, 0.2) is 12.2 Å². The summed E-state index contributed by atoms with van der Waals surface area (Å²) in [7, 11) is 3.32. The predicted molar refractivity (Wildman–Crippen MR) is 55.5 cm³/mol. The second-order valence-electron chi connectivity index (χ2n) is 3.21. The summed E-state index contributed by atoms with van der Waals surface area (Å²) in [6.07, 6.45) is 1.38. The van der Waals surface area contributed by atoms with Gasteiger partial charge in [0.25, 0.3) is 0 Å². The van der Waals surface area contributed by atoms with E-state index in [0.717, 1.165) is 18.0 Å². The van der Waals surface area contributed by atoms with Gasteiger partial charge in [0.2, 0.25) is 0 Å². The third kappa shape index (κ3) is 3.62. The lowest BCUT2D eigenvalue weighted by molar-refractivity contribution is 0.0983. The van der Waals surface area contributed by atoms with Gasteiger partial charge in [0.1, 0.15) is 6.10 Å². The van der Waals surface area contributed by atoms with E-state index in [4.69, 9.17) is 13.9 Å². The first-order chi connectivity index (χ1) is 7.29. The number of nitrogens with one attached hydrogen (secondary N) is 1. The van der Waals surface area contributed by atoms with Crippen molar-refractivity contribution >= 4 is 0 Å². The molecular weight excluding hydrogens is 196 g/mol. The Morgan fingerprint density at radius 1 is 1.53 bits per heavy atom. The number of rotatable bonds is 7. The van der Waals surface area contributed by atoms with Crippen molar-refractivity contribution in [3.05, 3.63) is 17.8 Å². The van der Waals surface area contributed by atoms with Crippen LogP contribution < -0.4 is 5.32 Å². The summed E-state index contributed by atoms with van der Waals surface area (Å²) >= 11 is 0. The SMILES string of the molecule is COCCNCc1ncoc1C(C)OC. The monoisotopic (exact) mass is 214 g/mol. The fourth-order valence-electron chi connectivity index (χ4n) is 1.23. The zero-order valence-electron chi connectivity index (χ0n) is 9.45. The van der Waals surface area contributed by atoms with Crippen molar-refractivity contribution in [3.63, 3.8) is 0 Å². The zero-order valence-corrected chi connectivity index (χ0v) is 9.45. The van der Waals surface area contributed by atoms with Crippen LogP contribution in [-0.2, 0) is 16.0 Å². The zero-order chi connectivity index (χ0) is 11.1. The van der Waals surface area contributed by atoms with Crippen LogP contribution >= 0.6 is 0 Å². The third-order valence-corrected chi connectivity index (χ3v) is 2.17. The summed E-state index contributed by atoms with van der Waals surface area (Å²) in [5, 5.41) is 3.21. The molecule has 0 fully saturated rings. The molecule has 1 rings (SSSR count). The molecule has 1 aromatic heterocycles. The highest BCUT2D eigenvalue weighted by atomic mass is 16.5. The molecule has 0 saturated heterocycles. The Balaban J connectivity index is 2.43. The topological polar surface area (TPSA) is 56.5 Å². The lowest BCUT2D eigenvalue weighted by Crippen LogP contribution is -2.19. The Bertz CT molecular complexity index is 275. The molecule has 86 valence electrons. The lowest BCUT2D eigenvalue weighted by atomic mass is 10.2. The quantitative estimate of drug-likeness (QED) is 0.689. The van der Waals surface area contributed by atoms with Gasteiger partial charge in [-0.25, -0.2) is 4.98 Å². The van der Waals surface area contributed by atoms with Gasteiger partial charge in [-0.2, -0.15) is 0 Å². The van der Waals surface area contributed by atoms with E-state index >= 15 is 0 Å². The van der Waals surface area contributed by atoms with E-state index in [1.165, 1.54) is 6.39 Å². The van der Waals surface area contributed by atoms with Crippen LogP contribution in [0.15, 0.2) is 10.8 Å². The second-order valence-corrected chi connectivity index (χ2v) is 3.21. The number of methoxy groups -OCH3 is 2. The fraction of sp³-hybridized carbons (Fsp3) is 0.700. The summed E-state index contributed by atoms with van der Waals surface area (Å²) < 4.78 is 15.4. The molecule has 1 unspecified atom stereocenters. The molecule has 0 aliphatic rings. The van der Waals surface area contributed by atoms with Crippen molar-refractivity contribution in [1.29, 1.82) is 0 Å². The van der Waals surface area contributed by atoms with Gasteiger partial charge in [-0.05, 0) is 6.92 Å². The van der Waals surface area contributed by atoms with Crippen LogP contribution in [0.25, 0.3) is 0 Å². The molecule has 1 heterocycles. The Kier molecular flexibility index (Phi) is 5.31. The molecule has 15 heavy (non-hydrogen) atoms. The molecule has 5 nitrogen and oxygen atoms in total. The highest BCUT2D eigenvalue weighted by molar-refractivity contribution is 5.09. The van der Waals surface area contributed by atoms with Gasteiger partial charge in [-0.15, -0.1) is 0 Å². The molecular formula is C10H18N2O3. The molecule has 0 bridgehead atoms. The van der Waals surface area contributed by atoms with Gasteiger partial charge in [0, 0.05) is 27.3 Å². The second kappa shape index (κ2) is 6.55. The van der Waals surface area contributed by atoms with Crippen molar-refractivity contribution in [3.8, 4) is 0 Å². The van der Waals surface area contributed by atoms with Gasteiger partial charge in [-0.3, -0.25) is 0 Å². The molecule has 0 saturated carbocycles. The average molecular weight is 214 g/mol. The van der Waals surface area contributed by atoms with Crippen LogP contribution in [0.3, 0.4) is 0 Å². The maximum atomic E-state index is 5.27. The molecule has 0 spiro atoms. The highest BCUT2D eigenvalue weighted by Gasteiger charge is 2.14. The number of hydrogen-bond acceptors (Lipinski definition) is 5. The normalized spacial score (nSPS) is 13.0. The minimum atomic E-state index is -0.0632.